The van der Waals surface area contributed by atoms with Crippen molar-refractivity contribution in [1.82, 2.24) is 15.5 Å². The first kappa shape index (κ1) is 25.4. The molecular formula is C26H43N3O5. The van der Waals surface area contributed by atoms with Gasteiger partial charge in [0, 0.05) is 12.6 Å². The van der Waals surface area contributed by atoms with Crippen molar-refractivity contribution in [3.63, 3.8) is 0 Å². The quantitative estimate of drug-likeness (QED) is 0.472. The summed E-state index contributed by atoms with van der Waals surface area (Å²) >= 11 is 0. The van der Waals surface area contributed by atoms with E-state index >= 15 is 0 Å². The van der Waals surface area contributed by atoms with Gasteiger partial charge in [-0.15, -0.1) is 0 Å². The van der Waals surface area contributed by atoms with Crippen LogP contribution in [-0.2, 0) is 19.1 Å². The SMILES string of the molecule is CCCNC(=O)[C@H]1[C@H]2C(=O)N([C@@H](CO)CC(C)C)C(C(=O)NC3CCCCC3)C23CC[C@]1(C)O3. The molecule has 6 atom stereocenters. The molecule has 3 N–H and O–H groups in total. The lowest BCUT2D eigenvalue weighted by atomic mass is 9.66. The van der Waals surface area contributed by atoms with Gasteiger partial charge in [0.25, 0.3) is 0 Å². The van der Waals surface area contributed by atoms with Gasteiger partial charge in [0.2, 0.25) is 17.7 Å². The molecule has 3 heterocycles. The van der Waals surface area contributed by atoms with Crippen LogP contribution in [0.25, 0.3) is 0 Å². The van der Waals surface area contributed by atoms with Gasteiger partial charge in [-0.1, -0.05) is 40.0 Å². The van der Waals surface area contributed by atoms with Gasteiger partial charge in [0.1, 0.15) is 11.6 Å². The first-order valence-corrected chi connectivity index (χ1v) is 13.4. The summed E-state index contributed by atoms with van der Waals surface area (Å²) < 4.78 is 6.64. The Morgan fingerprint density at radius 1 is 1.18 bits per heavy atom. The molecule has 8 nitrogen and oxygen atoms in total. The number of ether oxygens (including phenoxy) is 1. The highest BCUT2D eigenvalue weighted by atomic mass is 16.5. The molecule has 8 heteroatoms. The van der Waals surface area contributed by atoms with Crippen LogP contribution in [0.5, 0.6) is 0 Å². The minimum atomic E-state index is -1.02. The Morgan fingerprint density at radius 3 is 2.50 bits per heavy atom. The average Bonchev–Trinajstić information content (AvgIpc) is 3.37. The second-order valence-corrected chi connectivity index (χ2v) is 11.6. The largest absolute Gasteiger partial charge is 0.394 e. The van der Waals surface area contributed by atoms with Crippen molar-refractivity contribution >= 4 is 17.7 Å². The van der Waals surface area contributed by atoms with Gasteiger partial charge in [0.15, 0.2) is 0 Å². The number of nitrogens with zero attached hydrogens (tertiary/aromatic N) is 1. The van der Waals surface area contributed by atoms with Crippen LogP contribution in [0.15, 0.2) is 0 Å². The van der Waals surface area contributed by atoms with E-state index in [-0.39, 0.29) is 36.3 Å². The molecule has 1 spiro atoms. The minimum Gasteiger partial charge on any atom is -0.394 e. The molecule has 1 saturated carbocycles. The maximum atomic E-state index is 14.1. The van der Waals surface area contributed by atoms with E-state index in [2.05, 4.69) is 10.6 Å². The van der Waals surface area contributed by atoms with E-state index in [1.807, 2.05) is 27.7 Å². The Labute approximate surface area is 203 Å². The molecule has 2 unspecified atom stereocenters. The molecule has 2 bridgehead atoms. The number of fused-ring (bicyclic) bond motifs is 1. The van der Waals surface area contributed by atoms with Crippen LogP contribution in [-0.4, -0.2) is 70.2 Å². The molecule has 3 aliphatic heterocycles. The van der Waals surface area contributed by atoms with Gasteiger partial charge < -0.3 is 25.4 Å². The summed E-state index contributed by atoms with van der Waals surface area (Å²) in [4.78, 5) is 42.8. The van der Waals surface area contributed by atoms with Gasteiger partial charge in [-0.25, -0.2) is 0 Å². The zero-order valence-corrected chi connectivity index (χ0v) is 21.3. The number of amides is 3. The second-order valence-electron chi connectivity index (χ2n) is 11.6. The van der Waals surface area contributed by atoms with Gasteiger partial charge in [0.05, 0.1) is 30.1 Å². The van der Waals surface area contributed by atoms with Crippen LogP contribution in [0.1, 0.15) is 85.5 Å². The number of hydrogen-bond acceptors (Lipinski definition) is 5. The Balaban J connectivity index is 1.71. The topological polar surface area (TPSA) is 108 Å². The number of hydrogen-bond donors (Lipinski definition) is 3. The summed E-state index contributed by atoms with van der Waals surface area (Å²) in [5, 5.41) is 16.5. The molecule has 3 amide bonds. The third-order valence-corrected chi connectivity index (χ3v) is 8.59. The molecule has 192 valence electrons. The summed E-state index contributed by atoms with van der Waals surface area (Å²) in [6.45, 7) is 8.33. The Morgan fingerprint density at radius 2 is 1.88 bits per heavy atom. The fourth-order valence-electron chi connectivity index (χ4n) is 7.16. The van der Waals surface area contributed by atoms with Crippen LogP contribution in [0.3, 0.4) is 0 Å². The van der Waals surface area contributed by atoms with Crippen molar-refractivity contribution in [1.29, 1.82) is 0 Å². The molecule has 1 aliphatic carbocycles. The smallest absolute Gasteiger partial charge is 0.246 e. The molecule has 0 aromatic heterocycles. The van der Waals surface area contributed by atoms with E-state index in [0.717, 1.165) is 32.1 Å². The zero-order valence-electron chi connectivity index (χ0n) is 21.3. The minimum absolute atomic E-state index is 0.101. The van der Waals surface area contributed by atoms with Crippen molar-refractivity contribution < 1.29 is 24.2 Å². The lowest BCUT2D eigenvalue weighted by Crippen LogP contribution is -2.59. The number of likely N-dealkylation sites (tertiary alicyclic amines) is 1. The molecular weight excluding hydrogens is 434 g/mol. The van der Waals surface area contributed by atoms with Crippen LogP contribution in [0.2, 0.25) is 0 Å². The van der Waals surface area contributed by atoms with Crippen molar-refractivity contribution in [2.24, 2.45) is 17.8 Å². The Bertz CT molecular complexity index is 797. The summed E-state index contributed by atoms with van der Waals surface area (Å²) in [5.41, 5.74) is -1.79. The summed E-state index contributed by atoms with van der Waals surface area (Å²) in [6.07, 6.45) is 7.84. The van der Waals surface area contributed by atoms with Crippen molar-refractivity contribution in [3.05, 3.63) is 0 Å². The monoisotopic (exact) mass is 477 g/mol. The molecule has 0 aromatic carbocycles. The number of aliphatic hydroxyl groups excluding tert-OH is 1. The fourth-order valence-corrected chi connectivity index (χ4v) is 7.16. The van der Waals surface area contributed by atoms with Crippen LogP contribution in [0, 0.1) is 17.8 Å². The summed E-state index contributed by atoms with van der Waals surface area (Å²) in [6, 6.07) is -1.21. The van der Waals surface area contributed by atoms with E-state index < -0.39 is 35.1 Å². The fraction of sp³-hybridized carbons (Fsp3) is 0.885. The van der Waals surface area contributed by atoms with Gasteiger partial charge in [-0.2, -0.15) is 0 Å². The Kier molecular flexibility index (Phi) is 7.30. The van der Waals surface area contributed by atoms with E-state index in [0.29, 0.717) is 25.8 Å². The third-order valence-electron chi connectivity index (χ3n) is 8.59. The standard InChI is InChI=1S/C26H43N3O5/c1-5-13-27-22(31)19-20-24(33)29(18(15-30)14-16(2)3)21(26(20)12-11-25(19,4)34-26)23(32)28-17-9-7-6-8-10-17/h16-21,30H,5-15H2,1-4H3,(H,27,31)(H,28,32)/t18-,19-,20+,21?,25+,26?/m1/s1. The molecule has 4 aliphatic rings. The number of carbonyl (C=O) groups is 3. The van der Waals surface area contributed by atoms with Crippen LogP contribution < -0.4 is 10.6 Å². The van der Waals surface area contributed by atoms with Crippen LogP contribution in [0.4, 0.5) is 0 Å². The van der Waals surface area contributed by atoms with E-state index in [1.54, 1.807) is 4.90 Å². The molecule has 4 rings (SSSR count). The predicted molar refractivity (Wildman–Crippen MR) is 128 cm³/mol. The van der Waals surface area contributed by atoms with Gasteiger partial charge in [-0.3, -0.25) is 14.4 Å². The highest BCUT2D eigenvalue weighted by Crippen LogP contribution is 2.63. The van der Waals surface area contributed by atoms with E-state index in [9.17, 15) is 19.5 Å². The highest BCUT2D eigenvalue weighted by molar-refractivity contribution is 5.99. The number of carbonyl (C=O) groups excluding carboxylic acids is 3. The molecule has 0 aromatic rings. The van der Waals surface area contributed by atoms with Crippen molar-refractivity contribution in [2.45, 2.75) is 115 Å². The van der Waals surface area contributed by atoms with Gasteiger partial charge >= 0.3 is 0 Å². The molecule has 34 heavy (non-hydrogen) atoms. The third kappa shape index (κ3) is 4.15. The van der Waals surface area contributed by atoms with Crippen LogP contribution >= 0.6 is 0 Å². The highest BCUT2D eigenvalue weighted by Gasteiger charge is 2.78. The second kappa shape index (κ2) is 9.76. The maximum absolute atomic E-state index is 14.1. The van der Waals surface area contributed by atoms with Crippen molar-refractivity contribution in [2.75, 3.05) is 13.2 Å². The Hall–Kier alpha value is -1.67. The number of aliphatic hydroxyl groups is 1. The van der Waals surface area contributed by atoms with E-state index in [1.165, 1.54) is 6.42 Å². The van der Waals surface area contributed by atoms with Crippen molar-refractivity contribution in [3.8, 4) is 0 Å². The molecule has 3 saturated heterocycles. The molecule has 4 fully saturated rings. The first-order valence-electron chi connectivity index (χ1n) is 13.4. The van der Waals surface area contributed by atoms with Gasteiger partial charge in [-0.05, 0) is 51.4 Å². The number of nitrogens with one attached hydrogen (secondary N) is 2. The zero-order chi connectivity index (χ0) is 24.7. The lowest BCUT2D eigenvalue weighted by molar-refractivity contribution is -0.150. The molecule has 0 radical (unpaired) electrons. The number of rotatable bonds is 9. The first-order chi connectivity index (χ1) is 16.2. The average molecular weight is 478 g/mol. The van der Waals surface area contributed by atoms with E-state index in [4.69, 9.17) is 4.74 Å². The predicted octanol–water partition coefficient (Wildman–Crippen LogP) is 2.13. The maximum Gasteiger partial charge on any atom is 0.246 e. The normalized spacial score (nSPS) is 36.1. The summed E-state index contributed by atoms with van der Waals surface area (Å²) in [7, 11) is 0. The summed E-state index contributed by atoms with van der Waals surface area (Å²) in [5.74, 6) is -1.67. The lowest BCUT2D eigenvalue weighted by Gasteiger charge is -2.38.